The fourth-order valence-corrected chi connectivity index (χ4v) is 0.320. The third-order valence-corrected chi connectivity index (χ3v) is 1.47. The van der Waals surface area contributed by atoms with Crippen LogP contribution in [0.2, 0.25) is 0 Å². The van der Waals surface area contributed by atoms with Crippen molar-refractivity contribution in [3.63, 3.8) is 0 Å². The van der Waals surface area contributed by atoms with Gasteiger partial charge in [-0.05, 0) is 6.92 Å². The summed E-state index contributed by atoms with van der Waals surface area (Å²) in [6, 6.07) is 0. The first-order valence-corrected chi connectivity index (χ1v) is 3.76. The van der Waals surface area contributed by atoms with Crippen molar-refractivity contribution < 1.29 is 9.94 Å². The van der Waals surface area contributed by atoms with E-state index in [1.165, 1.54) is 0 Å². The molecule has 0 aromatic heterocycles. The molecule has 3 nitrogen and oxygen atoms in total. The summed E-state index contributed by atoms with van der Waals surface area (Å²) in [6.07, 6.45) is 0. The average molecular weight is 159 g/mol. The lowest BCUT2D eigenvalue weighted by Crippen LogP contribution is -2.17. The Morgan fingerprint density at radius 1 is 1.45 bits per heavy atom. The summed E-state index contributed by atoms with van der Waals surface area (Å²) in [4.78, 5) is 4.81. The molecule has 0 aliphatic heterocycles. The van der Waals surface area contributed by atoms with Crippen molar-refractivity contribution in [1.82, 2.24) is 0 Å². The minimum atomic E-state index is 0.0148. The number of oxime groups is 1. The number of aliphatic hydroxyl groups excluding tert-OH is 1. The second-order valence-electron chi connectivity index (χ2n) is 3.48. The summed E-state index contributed by atoms with van der Waals surface area (Å²) in [6.45, 7) is 8.39. The van der Waals surface area contributed by atoms with Gasteiger partial charge in [-0.15, -0.1) is 0 Å². The minimum absolute atomic E-state index is 0.0148. The van der Waals surface area contributed by atoms with Gasteiger partial charge < -0.3 is 9.94 Å². The van der Waals surface area contributed by atoms with E-state index in [2.05, 4.69) is 25.9 Å². The maximum absolute atomic E-state index is 8.39. The van der Waals surface area contributed by atoms with Gasteiger partial charge in [0.2, 0.25) is 0 Å². The summed E-state index contributed by atoms with van der Waals surface area (Å²) >= 11 is 0. The van der Waals surface area contributed by atoms with E-state index >= 15 is 0 Å². The molecule has 3 heteroatoms. The van der Waals surface area contributed by atoms with E-state index in [0.29, 0.717) is 0 Å². The number of aliphatic hydroxyl groups is 1. The number of hydrogen-bond donors (Lipinski definition) is 1. The van der Waals surface area contributed by atoms with Gasteiger partial charge in [-0.25, -0.2) is 0 Å². The quantitative estimate of drug-likeness (QED) is 0.384. The molecule has 11 heavy (non-hydrogen) atoms. The first-order chi connectivity index (χ1) is 4.98. The predicted molar refractivity (Wildman–Crippen MR) is 45.6 cm³/mol. The average Bonchev–Trinajstić information content (AvgIpc) is 1.86. The van der Waals surface area contributed by atoms with Crippen LogP contribution in [0.15, 0.2) is 5.16 Å². The molecule has 1 N–H and O–H groups in total. The van der Waals surface area contributed by atoms with Crippen molar-refractivity contribution in [3.05, 3.63) is 0 Å². The normalized spacial score (nSPS) is 13.4. The van der Waals surface area contributed by atoms with Crippen LogP contribution in [-0.4, -0.2) is 24.0 Å². The SMILES string of the molecule is C/C(=N\OCCO)C(C)(C)C. The van der Waals surface area contributed by atoms with E-state index in [1.54, 1.807) is 0 Å². The molecule has 0 saturated heterocycles. The second-order valence-corrected chi connectivity index (χ2v) is 3.48. The van der Waals surface area contributed by atoms with Crippen LogP contribution in [0, 0.1) is 5.41 Å². The molecule has 0 bridgehead atoms. The molecule has 0 amide bonds. The summed E-state index contributed by atoms with van der Waals surface area (Å²) in [5, 5.41) is 12.2. The fourth-order valence-electron chi connectivity index (χ4n) is 0.320. The Balaban J connectivity index is 3.81. The zero-order valence-electron chi connectivity index (χ0n) is 7.72. The number of nitrogens with zero attached hydrogens (tertiary/aromatic N) is 1. The summed E-state index contributed by atoms with van der Waals surface area (Å²) in [5.41, 5.74) is 0.987. The van der Waals surface area contributed by atoms with Crippen molar-refractivity contribution >= 4 is 5.71 Å². The standard InChI is InChI=1S/C8H17NO2/c1-7(8(2,3)4)9-11-6-5-10/h10H,5-6H2,1-4H3/b9-7+. The summed E-state index contributed by atoms with van der Waals surface area (Å²) < 4.78 is 0. The van der Waals surface area contributed by atoms with Crippen molar-refractivity contribution in [1.29, 1.82) is 0 Å². The van der Waals surface area contributed by atoms with Crippen LogP contribution < -0.4 is 0 Å². The first-order valence-electron chi connectivity index (χ1n) is 3.76. The lowest BCUT2D eigenvalue weighted by atomic mass is 9.91. The Labute approximate surface area is 68.1 Å². The van der Waals surface area contributed by atoms with Gasteiger partial charge in [-0.3, -0.25) is 0 Å². The van der Waals surface area contributed by atoms with Crippen LogP contribution in [0.1, 0.15) is 27.7 Å². The van der Waals surface area contributed by atoms with Crippen molar-refractivity contribution in [2.24, 2.45) is 10.6 Å². The van der Waals surface area contributed by atoms with Crippen LogP contribution in [0.4, 0.5) is 0 Å². The van der Waals surface area contributed by atoms with Crippen LogP contribution in [-0.2, 0) is 4.84 Å². The molecule has 66 valence electrons. The highest BCUT2D eigenvalue weighted by molar-refractivity contribution is 5.86. The number of rotatable bonds is 3. The van der Waals surface area contributed by atoms with Crippen molar-refractivity contribution in [2.45, 2.75) is 27.7 Å². The lowest BCUT2D eigenvalue weighted by Gasteiger charge is -2.16. The van der Waals surface area contributed by atoms with Crippen LogP contribution in [0.25, 0.3) is 0 Å². The van der Waals surface area contributed by atoms with E-state index in [4.69, 9.17) is 9.94 Å². The van der Waals surface area contributed by atoms with Gasteiger partial charge in [-0.1, -0.05) is 25.9 Å². The highest BCUT2D eigenvalue weighted by Crippen LogP contribution is 2.15. The van der Waals surface area contributed by atoms with Crippen molar-refractivity contribution in [2.75, 3.05) is 13.2 Å². The molecule has 0 aromatic rings. The van der Waals surface area contributed by atoms with Crippen LogP contribution >= 0.6 is 0 Å². The van der Waals surface area contributed by atoms with Gasteiger partial charge in [0.25, 0.3) is 0 Å². The Kier molecular flexibility index (Phi) is 4.11. The maximum atomic E-state index is 8.39. The van der Waals surface area contributed by atoms with Gasteiger partial charge in [0.1, 0.15) is 6.61 Å². The minimum Gasteiger partial charge on any atom is -0.393 e. The number of hydrogen-bond acceptors (Lipinski definition) is 3. The summed E-state index contributed by atoms with van der Waals surface area (Å²) in [7, 11) is 0. The first kappa shape index (κ1) is 10.4. The predicted octanol–water partition coefficient (Wildman–Crippen LogP) is 1.42. The molecule has 0 aliphatic carbocycles. The molecule has 0 aliphatic rings. The van der Waals surface area contributed by atoms with Crippen LogP contribution in [0.5, 0.6) is 0 Å². The Morgan fingerprint density at radius 3 is 2.36 bits per heavy atom. The van der Waals surface area contributed by atoms with Gasteiger partial charge in [0, 0.05) is 5.41 Å². The molecule has 0 rings (SSSR count). The summed E-state index contributed by atoms with van der Waals surface area (Å²) in [5.74, 6) is 0. The largest absolute Gasteiger partial charge is 0.393 e. The molecule has 0 fully saturated rings. The molecule has 0 atom stereocenters. The van der Waals surface area contributed by atoms with E-state index in [9.17, 15) is 0 Å². The smallest absolute Gasteiger partial charge is 0.140 e. The fraction of sp³-hybridized carbons (Fsp3) is 0.875. The van der Waals surface area contributed by atoms with Gasteiger partial charge in [0.05, 0.1) is 12.3 Å². The van der Waals surface area contributed by atoms with Gasteiger partial charge >= 0.3 is 0 Å². The van der Waals surface area contributed by atoms with E-state index < -0.39 is 0 Å². The maximum Gasteiger partial charge on any atom is 0.140 e. The van der Waals surface area contributed by atoms with Crippen LogP contribution in [0.3, 0.4) is 0 Å². The third kappa shape index (κ3) is 4.79. The van der Waals surface area contributed by atoms with E-state index in [1.807, 2.05) is 6.92 Å². The molecule has 0 aromatic carbocycles. The zero-order chi connectivity index (χ0) is 8.91. The Morgan fingerprint density at radius 2 is 2.00 bits per heavy atom. The van der Waals surface area contributed by atoms with Gasteiger partial charge in [-0.2, -0.15) is 0 Å². The van der Waals surface area contributed by atoms with Gasteiger partial charge in [0.15, 0.2) is 0 Å². The van der Waals surface area contributed by atoms with Crippen molar-refractivity contribution in [3.8, 4) is 0 Å². The van der Waals surface area contributed by atoms with E-state index in [-0.39, 0.29) is 18.6 Å². The lowest BCUT2D eigenvalue weighted by molar-refractivity contribution is 0.0966. The molecule has 0 spiro atoms. The zero-order valence-corrected chi connectivity index (χ0v) is 7.72. The highest BCUT2D eigenvalue weighted by Gasteiger charge is 2.14. The monoisotopic (exact) mass is 159 g/mol. The molecular formula is C8H17NO2. The molecule has 0 radical (unpaired) electrons. The highest BCUT2D eigenvalue weighted by atomic mass is 16.6. The van der Waals surface area contributed by atoms with E-state index in [0.717, 1.165) is 5.71 Å². The molecule has 0 unspecified atom stereocenters. The Hall–Kier alpha value is -0.570. The molecule has 0 heterocycles. The molecular weight excluding hydrogens is 142 g/mol. The third-order valence-electron chi connectivity index (χ3n) is 1.47. The molecule has 0 saturated carbocycles. The topological polar surface area (TPSA) is 41.8 Å². The second kappa shape index (κ2) is 4.34. The Bertz CT molecular complexity index is 136.